The van der Waals surface area contributed by atoms with Crippen molar-refractivity contribution in [2.24, 2.45) is 0 Å². The summed E-state index contributed by atoms with van der Waals surface area (Å²) in [6, 6.07) is 9.50. The van der Waals surface area contributed by atoms with E-state index in [0.717, 1.165) is 21.2 Å². The summed E-state index contributed by atoms with van der Waals surface area (Å²) in [6.45, 7) is 0.393. The Kier molecular flexibility index (Phi) is 3.53. The van der Waals surface area contributed by atoms with Gasteiger partial charge < -0.3 is 4.74 Å². The van der Waals surface area contributed by atoms with Gasteiger partial charge in [0.05, 0.1) is 19.0 Å². The first-order chi connectivity index (χ1) is 11.7. The molecule has 0 aliphatic rings. The van der Waals surface area contributed by atoms with Crippen LogP contribution in [0, 0.1) is 0 Å². The molecule has 8 heteroatoms. The Balaban J connectivity index is 1.95. The molecule has 0 saturated carbocycles. The van der Waals surface area contributed by atoms with Gasteiger partial charge in [0, 0.05) is 15.8 Å². The highest BCUT2D eigenvalue weighted by molar-refractivity contribution is 9.10. The average molecular weight is 387 g/mol. The molecule has 7 nitrogen and oxygen atoms in total. The predicted molar refractivity (Wildman–Crippen MR) is 91.1 cm³/mol. The van der Waals surface area contributed by atoms with Gasteiger partial charge >= 0.3 is 5.69 Å². The van der Waals surface area contributed by atoms with Gasteiger partial charge in [-0.3, -0.25) is 4.57 Å². The molecule has 0 aliphatic carbocycles. The summed E-state index contributed by atoms with van der Waals surface area (Å²) in [7, 11) is 1.62. The van der Waals surface area contributed by atoms with Gasteiger partial charge in [-0.25, -0.2) is 14.8 Å². The summed E-state index contributed by atoms with van der Waals surface area (Å²) in [5.41, 5.74) is 1.95. The molecule has 1 N–H and O–H groups in total. The van der Waals surface area contributed by atoms with Crippen LogP contribution in [0.4, 0.5) is 0 Å². The number of H-pyrrole nitrogens is 1. The van der Waals surface area contributed by atoms with E-state index in [0.29, 0.717) is 17.8 Å². The third-order valence-electron chi connectivity index (χ3n) is 3.84. The highest BCUT2D eigenvalue weighted by Gasteiger charge is 2.19. The number of nitrogens with one attached hydrogen (secondary N) is 1. The van der Waals surface area contributed by atoms with E-state index < -0.39 is 0 Å². The topological polar surface area (TPSA) is 75.6 Å². The molecule has 4 aromatic rings. The highest BCUT2D eigenvalue weighted by Crippen LogP contribution is 2.19. The molecule has 0 saturated heterocycles. The van der Waals surface area contributed by atoms with Crippen LogP contribution in [0.25, 0.3) is 16.7 Å². The van der Waals surface area contributed by atoms with Gasteiger partial charge in [0.25, 0.3) is 12.0 Å². The molecular weight excluding hydrogens is 374 g/mol. The SMILES string of the molecule is COc1ccc(Cn2c(=O)n3nc[nH+]c3c3cc(Br)cnc32)cc1. The molecule has 0 spiro atoms. The van der Waals surface area contributed by atoms with Gasteiger partial charge in [-0.15, -0.1) is 0 Å². The van der Waals surface area contributed by atoms with Crippen molar-refractivity contribution < 1.29 is 9.72 Å². The van der Waals surface area contributed by atoms with Crippen molar-refractivity contribution in [2.45, 2.75) is 6.54 Å². The van der Waals surface area contributed by atoms with Crippen molar-refractivity contribution in [3.63, 3.8) is 0 Å². The molecule has 4 rings (SSSR count). The second kappa shape index (κ2) is 5.72. The Bertz CT molecular complexity index is 1100. The molecule has 0 bridgehead atoms. The van der Waals surface area contributed by atoms with Gasteiger partial charge in [-0.2, -0.15) is 0 Å². The standard InChI is InChI=1S/C16H12BrN5O2/c1-24-12-4-2-10(3-5-12)8-21-14-13(6-11(17)7-18-14)15-19-9-20-22(15)16(21)23/h2-7,9H,8H2,1H3/p+1. The van der Waals surface area contributed by atoms with E-state index in [2.05, 4.69) is 31.0 Å². The van der Waals surface area contributed by atoms with Crippen LogP contribution in [0.1, 0.15) is 5.56 Å². The van der Waals surface area contributed by atoms with Crippen LogP contribution in [0.3, 0.4) is 0 Å². The number of pyridine rings is 1. The van der Waals surface area contributed by atoms with E-state index in [1.807, 2.05) is 30.3 Å². The third-order valence-corrected chi connectivity index (χ3v) is 4.28. The number of rotatable bonds is 3. The summed E-state index contributed by atoms with van der Waals surface area (Å²) >= 11 is 3.42. The van der Waals surface area contributed by atoms with Gasteiger partial charge in [0.1, 0.15) is 5.75 Å². The molecule has 0 radical (unpaired) electrons. The van der Waals surface area contributed by atoms with Crippen LogP contribution in [0.15, 0.2) is 52.1 Å². The number of aromatic amines is 1. The van der Waals surface area contributed by atoms with Gasteiger partial charge in [0.15, 0.2) is 5.65 Å². The van der Waals surface area contributed by atoms with Crippen molar-refractivity contribution in [1.29, 1.82) is 0 Å². The Hall–Kier alpha value is -2.74. The Morgan fingerprint density at radius 3 is 2.83 bits per heavy atom. The monoisotopic (exact) mass is 386 g/mol. The van der Waals surface area contributed by atoms with Crippen molar-refractivity contribution in [3.8, 4) is 5.75 Å². The van der Waals surface area contributed by atoms with E-state index in [4.69, 9.17) is 4.74 Å². The fourth-order valence-electron chi connectivity index (χ4n) is 2.69. The summed E-state index contributed by atoms with van der Waals surface area (Å²) in [6.07, 6.45) is 3.17. The largest absolute Gasteiger partial charge is 0.497 e. The number of methoxy groups -OCH3 is 1. The maximum absolute atomic E-state index is 12.8. The zero-order valence-corrected chi connectivity index (χ0v) is 14.3. The summed E-state index contributed by atoms with van der Waals surface area (Å²) < 4.78 is 8.96. The van der Waals surface area contributed by atoms with Gasteiger partial charge in [-0.1, -0.05) is 12.1 Å². The molecule has 0 fully saturated rings. The van der Waals surface area contributed by atoms with E-state index >= 15 is 0 Å². The maximum Gasteiger partial charge on any atom is 0.425 e. The van der Waals surface area contributed by atoms with Crippen molar-refractivity contribution >= 4 is 32.6 Å². The van der Waals surface area contributed by atoms with E-state index in [1.54, 1.807) is 17.9 Å². The van der Waals surface area contributed by atoms with Crippen molar-refractivity contribution in [3.05, 3.63) is 63.4 Å². The van der Waals surface area contributed by atoms with Crippen LogP contribution >= 0.6 is 15.9 Å². The molecule has 24 heavy (non-hydrogen) atoms. The zero-order chi connectivity index (χ0) is 16.7. The van der Waals surface area contributed by atoms with Crippen molar-refractivity contribution in [2.75, 3.05) is 7.11 Å². The number of hydrogen-bond acceptors (Lipinski definition) is 4. The first-order valence-electron chi connectivity index (χ1n) is 7.24. The molecule has 1 aromatic carbocycles. The number of nitrogens with zero attached hydrogens (tertiary/aromatic N) is 4. The fourth-order valence-corrected chi connectivity index (χ4v) is 3.02. The Labute approximate surface area is 144 Å². The molecule has 3 heterocycles. The molecule has 0 aliphatic heterocycles. The minimum absolute atomic E-state index is 0.246. The van der Waals surface area contributed by atoms with Gasteiger partial charge in [0.2, 0.25) is 0 Å². The summed E-state index contributed by atoms with van der Waals surface area (Å²) in [4.78, 5) is 20.2. The lowest BCUT2D eigenvalue weighted by Crippen LogP contribution is -2.29. The minimum atomic E-state index is -0.246. The van der Waals surface area contributed by atoms with Crippen LogP contribution in [-0.2, 0) is 6.54 Å². The van der Waals surface area contributed by atoms with Gasteiger partial charge in [-0.05, 0) is 44.2 Å². The second-order valence-corrected chi connectivity index (χ2v) is 6.21. The lowest BCUT2D eigenvalue weighted by Gasteiger charge is -2.09. The minimum Gasteiger partial charge on any atom is -0.497 e. The summed E-state index contributed by atoms with van der Waals surface area (Å²) in [5.74, 6) is 0.773. The first-order valence-corrected chi connectivity index (χ1v) is 8.03. The van der Waals surface area contributed by atoms with E-state index in [1.165, 1.54) is 10.8 Å². The van der Waals surface area contributed by atoms with Crippen LogP contribution in [0.2, 0.25) is 0 Å². The van der Waals surface area contributed by atoms with Crippen LogP contribution in [-0.4, -0.2) is 26.3 Å². The normalized spacial score (nSPS) is 11.2. The average Bonchev–Trinajstić information content (AvgIpc) is 3.09. The number of ether oxygens (including phenoxy) is 1. The Morgan fingerprint density at radius 1 is 1.29 bits per heavy atom. The molecule has 0 atom stereocenters. The zero-order valence-electron chi connectivity index (χ0n) is 12.7. The first kappa shape index (κ1) is 14.8. The highest BCUT2D eigenvalue weighted by atomic mass is 79.9. The molecule has 120 valence electrons. The van der Waals surface area contributed by atoms with Crippen LogP contribution in [0.5, 0.6) is 5.75 Å². The Morgan fingerprint density at radius 2 is 2.08 bits per heavy atom. The van der Waals surface area contributed by atoms with Crippen LogP contribution < -0.4 is 15.4 Å². The fraction of sp³-hybridized carbons (Fsp3) is 0.125. The lowest BCUT2D eigenvalue weighted by molar-refractivity contribution is -0.345. The van der Waals surface area contributed by atoms with E-state index in [-0.39, 0.29) is 5.69 Å². The number of halogens is 1. The molecule has 0 unspecified atom stereocenters. The quantitative estimate of drug-likeness (QED) is 0.536. The van der Waals surface area contributed by atoms with E-state index in [9.17, 15) is 4.79 Å². The lowest BCUT2D eigenvalue weighted by atomic mass is 10.2. The summed E-state index contributed by atoms with van der Waals surface area (Å²) in [5, 5.41) is 4.91. The maximum atomic E-state index is 12.8. The molecule has 0 amide bonds. The number of aromatic nitrogens is 5. The smallest absolute Gasteiger partial charge is 0.425 e. The number of benzene rings is 1. The molecule has 3 aromatic heterocycles. The number of hydrogen-bond donors (Lipinski definition) is 0. The third kappa shape index (κ3) is 2.35. The molecular formula is C16H13BrN5O2+. The van der Waals surface area contributed by atoms with Crippen molar-refractivity contribution in [1.82, 2.24) is 19.2 Å². The predicted octanol–water partition coefficient (Wildman–Crippen LogP) is 1.68. The second-order valence-electron chi connectivity index (χ2n) is 5.29. The number of fused-ring (bicyclic) bond motifs is 3.